The Labute approximate surface area is 115 Å². The van der Waals surface area contributed by atoms with E-state index < -0.39 is 38.6 Å². The van der Waals surface area contributed by atoms with Crippen molar-refractivity contribution < 1.29 is 27.1 Å². The van der Waals surface area contributed by atoms with Crippen molar-refractivity contribution in [3.05, 3.63) is 41.5 Å². The van der Waals surface area contributed by atoms with Gasteiger partial charge in [0.05, 0.1) is 17.5 Å². The fourth-order valence-corrected chi connectivity index (χ4v) is 2.03. The number of alkyl halides is 2. The molecule has 20 heavy (non-hydrogen) atoms. The van der Waals surface area contributed by atoms with E-state index in [1.807, 2.05) is 4.72 Å². The van der Waals surface area contributed by atoms with Crippen LogP contribution in [0.2, 0.25) is 0 Å². The lowest BCUT2D eigenvalue weighted by Crippen LogP contribution is -2.17. The molecule has 1 aromatic carbocycles. The molecule has 0 amide bonds. The third kappa shape index (κ3) is 3.53. The van der Waals surface area contributed by atoms with Gasteiger partial charge in [-0.2, -0.15) is 8.78 Å². The molecule has 0 atom stereocenters. The molecule has 5 nitrogen and oxygen atoms in total. The number of sulfonamides is 1. The zero-order valence-electron chi connectivity index (χ0n) is 10.8. The molecule has 0 fully saturated rings. The summed E-state index contributed by atoms with van der Waals surface area (Å²) < 4.78 is 51.7. The van der Waals surface area contributed by atoms with Gasteiger partial charge in [0, 0.05) is 5.56 Å². The number of aromatic carboxylic acids is 1. The van der Waals surface area contributed by atoms with Crippen molar-refractivity contribution in [2.45, 2.75) is 12.8 Å². The van der Waals surface area contributed by atoms with Crippen molar-refractivity contribution in [3.8, 4) is 0 Å². The Balaban J connectivity index is 3.42. The fourth-order valence-electron chi connectivity index (χ4n) is 1.45. The molecule has 0 aromatic heterocycles. The van der Waals surface area contributed by atoms with Crippen LogP contribution >= 0.6 is 0 Å². The van der Waals surface area contributed by atoms with Gasteiger partial charge in [0.25, 0.3) is 5.92 Å². The van der Waals surface area contributed by atoms with Crippen LogP contribution in [0.4, 0.5) is 14.5 Å². The normalized spacial score (nSPS) is 12.0. The van der Waals surface area contributed by atoms with Crippen LogP contribution in [0.1, 0.15) is 22.8 Å². The van der Waals surface area contributed by atoms with Crippen LogP contribution in [-0.2, 0) is 15.9 Å². The molecule has 0 unspecified atom stereocenters. The van der Waals surface area contributed by atoms with E-state index in [9.17, 15) is 22.0 Å². The first-order valence-corrected chi connectivity index (χ1v) is 7.23. The quantitative estimate of drug-likeness (QED) is 0.818. The topological polar surface area (TPSA) is 83.5 Å². The zero-order chi connectivity index (χ0) is 15.7. The van der Waals surface area contributed by atoms with Gasteiger partial charge in [-0.15, -0.1) is 0 Å². The molecule has 0 aliphatic carbocycles. The third-order valence-electron chi connectivity index (χ3n) is 2.44. The van der Waals surface area contributed by atoms with Crippen LogP contribution in [0.25, 0.3) is 0 Å². The molecule has 8 heteroatoms. The number of carboxylic acids is 1. The Morgan fingerprint density at radius 1 is 1.40 bits per heavy atom. The van der Waals surface area contributed by atoms with Crippen molar-refractivity contribution >= 4 is 21.7 Å². The van der Waals surface area contributed by atoms with Gasteiger partial charge in [-0.05, 0) is 24.6 Å². The number of hydrogen-bond donors (Lipinski definition) is 2. The fraction of sp³-hybridized carbons (Fsp3) is 0.250. The molecular weight excluding hydrogens is 292 g/mol. The second-order valence-electron chi connectivity index (χ2n) is 4.29. The van der Waals surface area contributed by atoms with Crippen LogP contribution in [0.3, 0.4) is 0 Å². The van der Waals surface area contributed by atoms with Gasteiger partial charge < -0.3 is 5.11 Å². The minimum atomic E-state index is -3.72. The van der Waals surface area contributed by atoms with E-state index in [0.29, 0.717) is 0 Å². The highest BCUT2D eigenvalue weighted by atomic mass is 32.2. The number of halogens is 2. The summed E-state index contributed by atoms with van der Waals surface area (Å²) in [4.78, 5) is 11.1. The standard InChI is InChI=1S/C12H13F2NO4S/c1-7(2)12(13,14)8-4-5-10(15-20(3,18)19)9(6-8)11(16)17/h4-6,15H,1H2,2-3H3,(H,16,17). The smallest absolute Gasteiger partial charge is 0.337 e. The molecule has 0 radical (unpaired) electrons. The van der Waals surface area contributed by atoms with Crippen molar-refractivity contribution in [2.75, 3.05) is 11.0 Å². The summed E-state index contributed by atoms with van der Waals surface area (Å²) in [6.07, 6.45) is 0.828. The summed E-state index contributed by atoms with van der Waals surface area (Å²) in [5.41, 5.74) is -1.85. The average Bonchev–Trinajstić information content (AvgIpc) is 2.26. The predicted molar refractivity (Wildman–Crippen MR) is 70.6 cm³/mol. The highest BCUT2D eigenvalue weighted by Gasteiger charge is 2.33. The number of anilines is 1. The molecule has 0 aliphatic heterocycles. The molecule has 110 valence electrons. The average molecular weight is 305 g/mol. The van der Waals surface area contributed by atoms with Gasteiger partial charge in [0.15, 0.2) is 0 Å². The summed E-state index contributed by atoms with van der Waals surface area (Å²) >= 11 is 0. The van der Waals surface area contributed by atoms with Gasteiger partial charge in [0.2, 0.25) is 10.0 Å². The summed E-state index contributed by atoms with van der Waals surface area (Å²) in [6.45, 7) is 4.26. The lowest BCUT2D eigenvalue weighted by Gasteiger charge is -2.18. The molecule has 2 N–H and O–H groups in total. The first kappa shape index (κ1) is 16.1. The number of carboxylic acid groups (broad SMARTS) is 1. The molecule has 0 spiro atoms. The Morgan fingerprint density at radius 3 is 2.35 bits per heavy atom. The molecule has 0 saturated carbocycles. The van der Waals surface area contributed by atoms with Gasteiger partial charge in [0.1, 0.15) is 0 Å². The van der Waals surface area contributed by atoms with Crippen LogP contribution in [0.5, 0.6) is 0 Å². The van der Waals surface area contributed by atoms with E-state index in [4.69, 9.17) is 5.11 Å². The SMILES string of the molecule is C=C(C)C(F)(F)c1ccc(NS(C)(=O)=O)c(C(=O)O)c1. The molecule has 0 aliphatic rings. The van der Waals surface area contributed by atoms with Crippen LogP contribution in [0.15, 0.2) is 30.4 Å². The Hall–Kier alpha value is -1.96. The van der Waals surface area contributed by atoms with E-state index >= 15 is 0 Å². The molecule has 0 bridgehead atoms. The number of hydrogen-bond acceptors (Lipinski definition) is 3. The maximum absolute atomic E-state index is 13.8. The number of benzene rings is 1. The second kappa shape index (κ2) is 5.20. The van der Waals surface area contributed by atoms with E-state index in [-0.39, 0.29) is 5.69 Å². The van der Waals surface area contributed by atoms with E-state index in [1.54, 1.807) is 0 Å². The maximum atomic E-state index is 13.8. The van der Waals surface area contributed by atoms with Gasteiger partial charge >= 0.3 is 5.97 Å². The van der Waals surface area contributed by atoms with Crippen molar-refractivity contribution in [2.24, 2.45) is 0 Å². The Morgan fingerprint density at radius 2 is 1.95 bits per heavy atom. The van der Waals surface area contributed by atoms with Gasteiger partial charge in [-0.3, -0.25) is 4.72 Å². The van der Waals surface area contributed by atoms with Crippen LogP contribution in [0, 0.1) is 0 Å². The molecule has 0 saturated heterocycles. The van der Waals surface area contributed by atoms with Crippen LogP contribution in [-0.4, -0.2) is 25.7 Å². The number of carbonyl (C=O) groups is 1. The summed E-state index contributed by atoms with van der Waals surface area (Å²) in [7, 11) is -3.72. The number of rotatable bonds is 5. The molecule has 1 rings (SSSR count). The first-order chi connectivity index (χ1) is 8.95. The first-order valence-electron chi connectivity index (χ1n) is 5.34. The Bertz CT molecular complexity index is 668. The molecular formula is C12H13F2NO4S. The van der Waals surface area contributed by atoms with Crippen LogP contribution < -0.4 is 4.72 Å². The van der Waals surface area contributed by atoms with Gasteiger partial charge in [-0.1, -0.05) is 12.6 Å². The van der Waals surface area contributed by atoms with E-state index in [2.05, 4.69) is 6.58 Å². The Kier molecular flexibility index (Phi) is 4.18. The number of allylic oxidation sites excluding steroid dienone is 1. The third-order valence-corrected chi connectivity index (χ3v) is 3.03. The van der Waals surface area contributed by atoms with Crippen molar-refractivity contribution in [1.29, 1.82) is 0 Å². The minimum Gasteiger partial charge on any atom is -0.478 e. The maximum Gasteiger partial charge on any atom is 0.337 e. The highest BCUT2D eigenvalue weighted by molar-refractivity contribution is 7.92. The summed E-state index contributed by atoms with van der Waals surface area (Å²) in [5, 5.41) is 8.99. The number of nitrogens with one attached hydrogen (secondary N) is 1. The minimum absolute atomic E-state index is 0.277. The largest absolute Gasteiger partial charge is 0.478 e. The highest BCUT2D eigenvalue weighted by Crippen LogP contribution is 2.36. The molecule has 0 heterocycles. The summed E-state index contributed by atoms with van der Waals surface area (Å²) in [6, 6.07) is 2.66. The lowest BCUT2D eigenvalue weighted by atomic mass is 9.99. The zero-order valence-corrected chi connectivity index (χ0v) is 11.6. The van der Waals surface area contributed by atoms with E-state index in [1.165, 1.54) is 0 Å². The lowest BCUT2D eigenvalue weighted by molar-refractivity contribution is 0.0384. The second-order valence-corrected chi connectivity index (χ2v) is 6.04. The van der Waals surface area contributed by atoms with Crippen molar-refractivity contribution in [1.82, 2.24) is 0 Å². The monoisotopic (exact) mass is 305 g/mol. The van der Waals surface area contributed by atoms with Gasteiger partial charge in [-0.25, -0.2) is 13.2 Å². The van der Waals surface area contributed by atoms with E-state index in [0.717, 1.165) is 31.4 Å². The predicted octanol–water partition coefficient (Wildman–Crippen LogP) is 2.42. The summed E-state index contributed by atoms with van der Waals surface area (Å²) in [5.74, 6) is -4.91. The van der Waals surface area contributed by atoms with Crippen molar-refractivity contribution in [3.63, 3.8) is 0 Å². The molecule has 1 aromatic rings.